The van der Waals surface area contributed by atoms with Crippen molar-refractivity contribution in [2.45, 2.75) is 66.5 Å². The van der Waals surface area contributed by atoms with E-state index in [-0.39, 0.29) is 0 Å². The van der Waals surface area contributed by atoms with Crippen molar-refractivity contribution in [3.63, 3.8) is 0 Å². The molecule has 4 nitrogen and oxygen atoms in total. The molecule has 4 heteroatoms. The summed E-state index contributed by atoms with van der Waals surface area (Å²) in [6.45, 7) is 23.1. The summed E-state index contributed by atoms with van der Waals surface area (Å²) in [7, 11) is 4.47. The van der Waals surface area contributed by atoms with Crippen LogP contribution in [0.25, 0.3) is 0 Å². The molecule has 1 aliphatic rings. The molecule has 0 aromatic heterocycles. The van der Waals surface area contributed by atoms with Gasteiger partial charge in [-0.2, -0.15) is 0 Å². The van der Waals surface area contributed by atoms with Crippen molar-refractivity contribution in [3.8, 4) is 0 Å². The fourth-order valence-corrected chi connectivity index (χ4v) is 2.84. The van der Waals surface area contributed by atoms with Gasteiger partial charge in [-0.1, -0.05) is 13.8 Å². The Hall–Kier alpha value is -0.160. The highest BCUT2D eigenvalue weighted by Gasteiger charge is 2.16. The van der Waals surface area contributed by atoms with Crippen LogP contribution >= 0.6 is 0 Å². The first-order valence-corrected chi connectivity index (χ1v) is 10.3. The van der Waals surface area contributed by atoms with Crippen LogP contribution in [-0.2, 0) is 0 Å². The maximum Gasteiger partial charge on any atom is 0.0110 e. The van der Waals surface area contributed by atoms with Gasteiger partial charge in [0.1, 0.15) is 0 Å². The largest absolute Gasteiger partial charge is 0.304 e. The van der Waals surface area contributed by atoms with Crippen molar-refractivity contribution < 1.29 is 0 Å². The number of rotatable bonds is 10. The summed E-state index contributed by atoms with van der Waals surface area (Å²) in [5.41, 5.74) is 0. The van der Waals surface area contributed by atoms with E-state index in [9.17, 15) is 0 Å². The zero-order valence-corrected chi connectivity index (χ0v) is 18.0. The van der Waals surface area contributed by atoms with Crippen molar-refractivity contribution in [2.75, 3.05) is 66.5 Å². The summed E-state index contributed by atoms with van der Waals surface area (Å²) in [6, 6.07) is 1.33. The fourth-order valence-electron chi connectivity index (χ4n) is 2.84. The highest BCUT2D eigenvalue weighted by Crippen LogP contribution is 2.05. The smallest absolute Gasteiger partial charge is 0.0110 e. The van der Waals surface area contributed by atoms with Crippen molar-refractivity contribution in [1.82, 2.24) is 19.6 Å². The summed E-state index contributed by atoms with van der Waals surface area (Å²) in [4.78, 5) is 10.2. The van der Waals surface area contributed by atoms with Gasteiger partial charge >= 0.3 is 0 Å². The van der Waals surface area contributed by atoms with Gasteiger partial charge in [-0.25, -0.2) is 0 Å². The molecular weight excluding hydrogens is 296 g/mol. The van der Waals surface area contributed by atoms with Crippen molar-refractivity contribution in [1.29, 1.82) is 0 Å². The van der Waals surface area contributed by atoms with Crippen LogP contribution in [0.5, 0.6) is 0 Å². The van der Waals surface area contributed by atoms with Crippen LogP contribution in [0.1, 0.15) is 54.4 Å². The maximum absolute atomic E-state index is 2.64. The molecule has 0 aromatic carbocycles. The van der Waals surface area contributed by atoms with E-state index in [1.54, 1.807) is 0 Å². The average molecular weight is 343 g/mol. The van der Waals surface area contributed by atoms with Crippen LogP contribution in [0.15, 0.2) is 0 Å². The van der Waals surface area contributed by atoms with Crippen LogP contribution in [0.3, 0.4) is 0 Å². The predicted octanol–water partition coefficient (Wildman–Crippen LogP) is 3.09. The molecule has 0 N–H and O–H groups in total. The first kappa shape index (κ1) is 23.8. The predicted molar refractivity (Wildman–Crippen MR) is 109 cm³/mol. The lowest BCUT2D eigenvalue weighted by Gasteiger charge is -2.35. The van der Waals surface area contributed by atoms with Crippen LogP contribution in [0.2, 0.25) is 0 Å². The zero-order chi connectivity index (χ0) is 18.5. The Bertz CT molecular complexity index is 245. The van der Waals surface area contributed by atoms with Crippen molar-refractivity contribution in [3.05, 3.63) is 0 Å². The molecule has 146 valence electrons. The van der Waals surface area contributed by atoms with Crippen LogP contribution < -0.4 is 0 Å². The molecule has 0 bridgehead atoms. The monoisotopic (exact) mass is 342 g/mol. The van der Waals surface area contributed by atoms with E-state index in [0.717, 1.165) is 0 Å². The maximum atomic E-state index is 2.64. The molecule has 0 radical (unpaired) electrons. The molecule has 0 atom stereocenters. The summed E-state index contributed by atoms with van der Waals surface area (Å²) < 4.78 is 0. The molecule has 0 spiro atoms. The van der Waals surface area contributed by atoms with Crippen LogP contribution in [0, 0.1) is 0 Å². The topological polar surface area (TPSA) is 13.0 Å². The molecule has 24 heavy (non-hydrogen) atoms. The molecule has 0 amide bonds. The number of piperazine rings is 1. The number of hydrogen-bond acceptors (Lipinski definition) is 4. The molecule has 0 aliphatic carbocycles. The summed E-state index contributed by atoms with van der Waals surface area (Å²) >= 11 is 0. The van der Waals surface area contributed by atoms with E-state index < -0.39 is 0 Å². The quantitative estimate of drug-likeness (QED) is 0.605. The third kappa shape index (κ3) is 10.7. The second-order valence-corrected chi connectivity index (χ2v) is 7.54. The second kappa shape index (κ2) is 14.1. The van der Waals surface area contributed by atoms with Crippen molar-refractivity contribution >= 4 is 0 Å². The first-order chi connectivity index (χ1) is 11.4. The van der Waals surface area contributed by atoms with Gasteiger partial charge in [0.15, 0.2) is 0 Å². The Morgan fingerprint density at radius 2 is 0.958 bits per heavy atom. The van der Waals surface area contributed by atoms with Gasteiger partial charge in [-0.3, -0.25) is 0 Å². The lowest BCUT2D eigenvalue weighted by atomic mass is 10.2. The third-order valence-corrected chi connectivity index (χ3v) is 5.20. The van der Waals surface area contributed by atoms with Gasteiger partial charge in [-0.15, -0.1) is 0 Å². The lowest BCUT2D eigenvalue weighted by Crippen LogP contribution is -2.47. The van der Waals surface area contributed by atoms with Crippen molar-refractivity contribution in [2.24, 2.45) is 0 Å². The van der Waals surface area contributed by atoms with Gasteiger partial charge < -0.3 is 19.6 Å². The van der Waals surface area contributed by atoms with E-state index >= 15 is 0 Å². The summed E-state index contributed by atoms with van der Waals surface area (Å²) in [6.07, 6.45) is 2.60. The van der Waals surface area contributed by atoms with E-state index in [1.807, 2.05) is 13.8 Å². The Balaban J connectivity index is 0.00000254. The molecular formula is C20H46N4. The van der Waals surface area contributed by atoms with Gasteiger partial charge in [0.05, 0.1) is 0 Å². The van der Waals surface area contributed by atoms with E-state index in [0.29, 0.717) is 12.1 Å². The highest BCUT2D eigenvalue weighted by atomic mass is 15.3. The SMILES string of the molecule is CC.CC(C)N(C)CCCN1CCN(CCCN(C)C(C)C)CC1. The molecule has 0 saturated carbocycles. The zero-order valence-electron chi connectivity index (χ0n) is 18.0. The van der Waals surface area contributed by atoms with Gasteiger partial charge in [0.25, 0.3) is 0 Å². The minimum Gasteiger partial charge on any atom is -0.304 e. The molecule has 1 fully saturated rings. The van der Waals surface area contributed by atoms with Crippen LogP contribution in [-0.4, -0.2) is 98.1 Å². The molecule has 1 heterocycles. The van der Waals surface area contributed by atoms with Gasteiger partial charge in [-0.05, 0) is 80.8 Å². The number of hydrogen-bond donors (Lipinski definition) is 0. The van der Waals surface area contributed by atoms with E-state index in [4.69, 9.17) is 0 Å². The molecule has 0 aromatic rings. The van der Waals surface area contributed by atoms with Gasteiger partial charge in [0, 0.05) is 38.3 Å². The summed E-state index contributed by atoms with van der Waals surface area (Å²) in [5.74, 6) is 0. The highest BCUT2D eigenvalue weighted by molar-refractivity contribution is 4.73. The lowest BCUT2D eigenvalue weighted by molar-refractivity contribution is 0.121. The van der Waals surface area contributed by atoms with Crippen LogP contribution in [0.4, 0.5) is 0 Å². The first-order valence-electron chi connectivity index (χ1n) is 10.3. The normalized spacial score (nSPS) is 17.0. The molecule has 1 rings (SSSR count). The van der Waals surface area contributed by atoms with Gasteiger partial charge in [0.2, 0.25) is 0 Å². The van der Waals surface area contributed by atoms with E-state index in [2.05, 4.69) is 61.4 Å². The third-order valence-electron chi connectivity index (χ3n) is 5.20. The molecule has 1 saturated heterocycles. The fraction of sp³-hybridized carbons (Fsp3) is 1.00. The van der Waals surface area contributed by atoms with E-state index in [1.165, 1.54) is 65.2 Å². The second-order valence-electron chi connectivity index (χ2n) is 7.54. The average Bonchev–Trinajstić information content (AvgIpc) is 2.57. The Kier molecular flexibility index (Phi) is 14.0. The Labute approximate surface area is 153 Å². The summed E-state index contributed by atoms with van der Waals surface area (Å²) in [5, 5.41) is 0. The Morgan fingerprint density at radius 1 is 0.667 bits per heavy atom. The molecule has 0 unspecified atom stereocenters. The number of nitrogens with zero attached hydrogens (tertiary/aromatic N) is 4. The standard InChI is InChI=1S/C18H40N4.C2H6/c1-17(2)19(5)9-7-11-21-13-15-22(16-14-21)12-8-10-20(6)18(3)4;1-2/h17-18H,7-16H2,1-6H3;1-2H3. The minimum absolute atomic E-state index is 0.667. The molecule has 1 aliphatic heterocycles. The minimum atomic E-state index is 0.667. The Morgan fingerprint density at radius 3 is 1.21 bits per heavy atom.